The molecule has 0 spiro atoms. The second-order valence-corrected chi connectivity index (χ2v) is 2.73. The van der Waals surface area contributed by atoms with Gasteiger partial charge in [-0.2, -0.15) is 5.26 Å². The minimum Gasteiger partial charge on any atom is -0.343 e. The summed E-state index contributed by atoms with van der Waals surface area (Å²) in [5, 5.41) is 8.54. The highest BCUT2D eigenvalue weighted by Gasteiger charge is 2.05. The minimum atomic E-state index is -0.385. The summed E-state index contributed by atoms with van der Waals surface area (Å²) < 4.78 is 0. The monoisotopic (exact) mass is 192 g/mol. The molecule has 0 amide bonds. The number of hydrogen-bond donors (Lipinski definition) is 1. The average Bonchev–Trinajstić information content (AvgIpc) is 2.20. The van der Waals surface area contributed by atoms with Crippen molar-refractivity contribution >= 4 is 5.95 Å². The molecule has 0 aromatic carbocycles. The van der Waals surface area contributed by atoms with Gasteiger partial charge in [0, 0.05) is 13.1 Å². The number of nitrogens with zero attached hydrogens (tertiary/aromatic N) is 3. The quantitative estimate of drug-likeness (QED) is 0.756. The van der Waals surface area contributed by atoms with E-state index in [1.54, 1.807) is 6.07 Å². The number of aromatic amines is 1. The van der Waals surface area contributed by atoms with E-state index in [9.17, 15) is 4.79 Å². The Hall–Kier alpha value is -1.83. The van der Waals surface area contributed by atoms with Crippen molar-refractivity contribution in [3.63, 3.8) is 0 Å². The van der Waals surface area contributed by atoms with Crippen LogP contribution in [-0.2, 0) is 0 Å². The van der Waals surface area contributed by atoms with E-state index in [4.69, 9.17) is 5.26 Å². The highest BCUT2D eigenvalue weighted by Crippen LogP contribution is 2.02. The lowest BCUT2D eigenvalue weighted by Crippen LogP contribution is -2.27. The van der Waals surface area contributed by atoms with Gasteiger partial charge in [-0.15, -0.1) is 0 Å². The Morgan fingerprint density at radius 3 is 2.64 bits per heavy atom. The van der Waals surface area contributed by atoms with Gasteiger partial charge >= 0.3 is 0 Å². The van der Waals surface area contributed by atoms with Gasteiger partial charge in [0.2, 0.25) is 5.95 Å². The zero-order valence-electron chi connectivity index (χ0n) is 8.24. The molecular weight excluding hydrogens is 180 g/mol. The van der Waals surface area contributed by atoms with Crippen LogP contribution < -0.4 is 10.5 Å². The van der Waals surface area contributed by atoms with Crippen molar-refractivity contribution in [1.29, 1.82) is 5.26 Å². The van der Waals surface area contributed by atoms with Gasteiger partial charge in [-0.1, -0.05) is 0 Å². The third kappa shape index (κ3) is 1.91. The van der Waals surface area contributed by atoms with Crippen LogP contribution in [0.3, 0.4) is 0 Å². The summed E-state index contributed by atoms with van der Waals surface area (Å²) in [6.07, 6.45) is 1.30. The summed E-state index contributed by atoms with van der Waals surface area (Å²) in [4.78, 5) is 19.7. The van der Waals surface area contributed by atoms with Crippen molar-refractivity contribution in [2.24, 2.45) is 0 Å². The third-order valence-electron chi connectivity index (χ3n) is 1.97. The molecule has 0 radical (unpaired) electrons. The predicted octanol–water partition coefficient (Wildman–Crippen LogP) is 0.488. The van der Waals surface area contributed by atoms with Crippen molar-refractivity contribution in [2.75, 3.05) is 18.0 Å². The molecule has 0 saturated carbocycles. The van der Waals surface area contributed by atoms with E-state index >= 15 is 0 Å². The van der Waals surface area contributed by atoms with E-state index in [-0.39, 0.29) is 11.1 Å². The molecule has 1 aromatic heterocycles. The van der Waals surface area contributed by atoms with E-state index in [0.29, 0.717) is 5.95 Å². The van der Waals surface area contributed by atoms with E-state index in [1.165, 1.54) is 6.20 Å². The van der Waals surface area contributed by atoms with Gasteiger partial charge in [-0.25, -0.2) is 4.98 Å². The van der Waals surface area contributed by atoms with Crippen molar-refractivity contribution in [2.45, 2.75) is 13.8 Å². The highest BCUT2D eigenvalue weighted by atomic mass is 16.1. The summed E-state index contributed by atoms with van der Waals surface area (Å²) in [5.74, 6) is 0.513. The molecule has 14 heavy (non-hydrogen) atoms. The van der Waals surface area contributed by atoms with Crippen molar-refractivity contribution in [3.05, 3.63) is 22.1 Å². The van der Waals surface area contributed by atoms with Gasteiger partial charge < -0.3 is 4.90 Å². The van der Waals surface area contributed by atoms with Crippen LogP contribution in [-0.4, -0.2) is 23.1 Å². The fraction of sp³-hybridized carbons (Fsp3) is 0.444. The van der Waals surface area contributed by atoms with Crippen LogP contribution >= 0.6 is 0 Å². The highest BCUT2D eigenvalue weighted by molar-refractivity contribution is 5.32. The summed E-state index contributed by atoms with van der Waals surface area (Å²) in [7, 11) is 0. The zero-order valence-corrected chi connectivity index (χ0v) is 8.24. The SMILES string of the molecule is CCN(CC)c1ncc(C#N)c(=O)[nH]1. The first kappa shape index (κ1) is 10.3. The van der Waals surface area contributed by atoms with Crippen LogP contribution in [0, 0.1) is 11.3 Å². The van der Waals surface area contributed by atoms with Crippen LogP contribution in [0.2, 0.25) is 0 Å². The first-order valence-electron chi connectivity index (χ1n) is 4.47. The molecule has 0 unspecified atom stereocenters. The number of aromatic nitrogens is 2. The third-order valence-corrected chi connectivity index (χ3v) is 1.97. The second-order valence-electron chi connectivity index (χ2n) is 2.73. The summed E-state index contributed by atoms with van der Waals surface area (Å²) in [6.45, 7) is 5.49. The number of nitrogens with one attached hydrogen (secondary N) is 1. The van der Waals surface area contributed by atoms with Crippen molar-refractivity contribution in [3.8, 4) is 6.07 Å². The average molecular weight is 192 g/mol. The lowest BCUT2D eigenvalue weighted by atomic mass is 10.4. The Morgan fingerprint density at radius 1 is 1.57 bits per heavy atom. The Balaban J connectivity index is 3.09. The van der Waals surface area contributed by atoms with Crippen LogP contribution in [0.1, 0.15) is 19.4 Å². The van der Waals surface area contributed by atoms with E-state index in [1.807, 2.05) is 18.7 Å². The van der Waals surface area contributed by atoms with Crippen LogP contribution in [0.25, 0.3) is 0 Å². The molecule has 1 rings (SSSR count). The Bertz CT molecular complexity index is 400. The number of nitriles is 1. The fourth-order valence-corrected chi connectivity index (χ4v) is 1.15. The summed E-state index contributed by atoms with van der Waals surface area (Å²) in [5.41, 5.74) is -0.342. The standard InChI is InChI=1S/C9H12N4O/c1-3-13(4-2)9-11-6-7(5-10)8(14)12-9/h6H,3-4H2,1-2H3,(H,11,12,14). The van der Waals surface area contributed by atoms with Gasteiger partial charge in [0.1, 0.15) is 11.6 Å². The Morgan fingerprint density at radius 2 is 2.21 bits per heavy atom. The van der Waals surface area contributed by atoms with Gasteiger partial charge in [-0.05, 0) is 13.8 Å². The molecular formula is C9H12N4O. The molecule has 1 heterocycles. The lowest BCUT2D eigenvalue weighted by Gasteiger charge is -2.18. The maximum Gasteiger partial charge on any atom is 0.270 e. The number of rotatable bonds is 3. The summed E-state index contributed by atoms with van der Waals surface area (Å²) >= 11 is 0. The normalized spacial score (nSPS) is 9.50. The van der Waals surface area contributed by atoms with Gasteiger partial charge in [-0.3, -0.25) is 9.78 Å². The number of H-pyrrole nitrogens is 1. The van der Waals surface area contributed by atoms with E-state index in [0.717, 1.165) is 13.1 Å². The maximum absolute atomic E-state index is 11.3. The fourth-order valence-electron chi connectivity index (χ4n) is 1.15. The molecule has 0 aliphatic carbocycles. The van der Waals surface area contributed by atoms with Gasteiger partial charge in [0.05, 0.1) is 6.20 Å². The van der Waals surface area contributed by atoms with Crippen LogP contribution in [0.5, 0.6) is 0 Å². The largest absolute Gasteiger partial charge is 0.343 e. The molecule has 1 aromatic rings. The zero-order chi connectivity index (χ0) is 10.6. The summed E-state index contributed by atoms with van der Waals surface area (Å²) in [6, 6.07) is 1.77. The van der Waals surface area contributed by atoms with E-state index in [2.05, 4.69) is 9.97 Å². The van der Waals surface area contributed by atoms with Crippen molar-refractivity contribution in [1.82, 2.24) is 9.97 Å². The molecule has 0 bridgehead atoms. The maximum atomic E-state index is 11.3. The van der Waals surface area contributed by atoms with Gasteiger partial charge in [0.25, 0.3) is 5.56 Å². The molecule has 0 saturated heterocycles. The molecule has 1 N–H and O–H groups in total. The Kier molecular flexibility index (Phi) is 3.24. The van der Waals surface area contributed by atoms with Crippen LogP contribution in [0.15, 0.2) is 11.0 Å². The minimum absolute atomic E-state index is 0.0425. The number of anilines is 1. The van der Waals surface area contributed by atoms with Gasteiger partial charge in [0.15, 0.2) is 0 Å². The topological polar surface area (TPSA) is 72.8 Å². The molecule has 74 valence electrons. The lowest BCUT2D eigenvalue weighted by molar-refractivity contribution is 0.815. The van der Waals surface area contributed by atoms with Crippen molar-refractivity contribution < 1.29 is 0 Å². The first-order chi connectivity index (χ1) is 6.72. The predicted molar refractivity (Wildman–Crippen MR) is 53.1 cm³/mol. The van der Waals surface area contributed by atoms with E-state index < -0.39 is 0 Å². The molecule has 0 fully saturated rings. The molecule has 0 atom stereocenters. The van der Waals surface area contributed by atoms with Crippen LogP contribution in [0.4, 0.5) is 5.95 Å². The smallest absolute Gasteiger partial charge is 0.270 e. The number of hydrogen-bond acceptors (Lipinski definition) is 4. The Labute approximate surface area is 82.0 Å². The molecule has 5 nitrogen and oxygen atoms in total. The molecule has 5 heteroatoms. The molecule has 0 aliphatic heterocycles. The first-order valence-corrected chi connectivity index (χ1v) is 4.47. The second kappa shape index (κ2) is 4.42. The molecule has 0 aliphatic rings.